The first-order chi connectivity index (χ1) is 14.3. The minimum atomic E-state index is -0.630. The summed E-state index contributed by atoms with van der Waals surface area (Å²) in [4.78, 5) is 36.6. The van der Waals surface area contributed by atoms with Gasteiger partial charge in [0.2, 0.25) is 0 Å². The van der Waals surface area contributed by atoms with E-state index in [1.54, 1.807) is 30.3 Å². The van der Waals surface area contributed by atoms with Crippen molar-refractivity contribution in [1.82, 2.24) is 0 Å². The topological polar surface area (TPSA) is 72.5 Å². The third-order valence-electron chi connectivity index (χ3n) is 4.26. The van der Waals surface area contributed by atoms with Crippen molar-refractivity contribution in [3.05, 3.63) is 99.0 Å². The number of Topliss-reactive ketones (excluding diaryl/α,β-unsaturated/α-hetero) is 1. The molecule has 0 aromatic heterocycles. The summed E-state index contributed by atoms with van der Waals surface area (Å²) in [5, 5.41) is 3.35. The molecule has 0 spiro atoms. The normalized spacial score (nSPS) is 10.4. The zero-order chi connectivity index (χ0) is 21.7. The fourth-order valence-electron chi connectivity index (χ4n) is 2.60. The van der Waals surface area contributed by atoms with Crippen LogP contribution in [-0.4, -0.2) is 24.3 Å². The number of halogens is 2. The monoisotopic (exact) mass is 441 g/mol. The molecule has 152 valence electrons. The molecule has 0 saturated heterocycles. The molecular weight excluding hydrogens is 425 g/mol. The number of carbonyl (C=O) groups is 3. The molecule has 0 aliphatic heterocycles. The van der Waals surface area contributed by atoms with Gasteiger partial charge in [0.05, 0.1) is 16.1 Å². The lowest BCUT2D eigenvalue weighted by molar-refractivity contribution is 0.0475. The SMILES string of the molecule is Cc1ccc(C(=O)COC(=O)c2ccc(NC(=O)c3ccc(Cl)cc3Cl)cc2)cc1. The first-order valence-corrected chi connectivity index (χ1v) is 9.72. The second kappa shape index (κ2) is 9.57. The van der Waals surface area contributed by atoms with Crippen LogP contribution in [0.2, 0.25) is 10.0 Å². The average molecular weight is 442 g/mol. The van der Waals surface area contributed by atoms with Crippen molar-refractivity contribution >= 4 is 46.5 Å². The van der Waals surface area contributed by atoms with E-state index >= 15 is 0 Å². The van der Waals surface area contributed by atoms with Crippen LogP contribution < -0.4 is 5.32 Å². The lowest BCUT2D eigenvalue weighted by Crippen LogP contribution is -2.15. The Kier molecular flexibility index (Phi) is 6.87. The van der Waals surface area contributed by atoms with Gasteiger partial charge in [0.25, 0.3) is 5.91 Å². The second-order valence-electron chi connectivity index (χ2n) is 6.52. The maximum Gasteiger partial charge on any atom is 0.338 e. The first kappa shape index (κ1) is 21.6. The van der Waals surface area contributed by atoms with Crippen LogP contribution in [0.25, 0.3) is 0 Å². The summed E-state index contributed by atoms with van der Waals surface area (Å²) in [6.07, 6.45) is 0. The van der Waals surface area contributed by atoms with Crippen LogP contribution in [0.1, 0.15) is 36.6 Å². The number of amides is 1. The Bertz CT molecular complexity index is 1090. The molecule has 7 heteroatoms. The van der Waals surface area contributed by atoms with E-state index in [2.05, 4.69) is 5.32 Å². The van der Waals surface area contributed by atoms with Crippen LogP contribution in [0.15, 0.2) is 66.7 Å². The fourth-order valence-corrected chi connectivity index (χ4v) is 3.09. The molecule has 0 atom stereocenters. The highest BCUT2D eigenvalue weighted by molar-refractivity contribution is 6.37. The second-order valence-corrected chi connectivity index (χ2v) is 7.36. The van der Waals surface area contributed by atoms with Gasteiger partial charge in [0.1, 0.15) is 0 Å². The van der Waals surface area contributed by atoms with Gasteiger partial charge in [-0.15, -0.1) is 0 Å². The number of esters is 1. The van der Waals surface area contributed by atoms with Crippen LogP contribution in [-0.2, 0) is 4.74 Å². The molecular formula is C23H17Cl2NO4. The molecule has 1 amide bonds. The lowest BCUT2D eigenvalue weighted by Gasteiger charge is -2.08. The number of hydrogen-bond donors (Lipinski definition) is 1. The molecule has 0 bridgehead atoms. The Balaban J connectivity index is 1.58. The van der Waals surface area contributed by atoms with E-state index in [1.807, 2.05) is 19.1 Å². The van der Waals surface area contributed by atoms with Crippen molar-refractivity contribution < 1.29 is 19.1 Å². The van der Waals surface area contributed by atoms with Crippen molar-refractivity contribution in [2.45, 2.75) is 6.92 Å². The molecule has 3 aromatic carbocycles. The average Bonchev–Trinajstić information content (AvgIpc) is 2.72. The van der Waals surface area contributed by atoms with Crippen LogP contribution in [0, 0.1) is 6.92 Å². The number of carbonyl (C=O) groups excluding carboxylic acids is 3. The predicted molar refractivity (Wildman–Crippen MR) is 117 cm³/mol. The van der Waals surface area contributed by atoms with E-state index in [1.165, 1.54) is 24.3 Å². The summed E-state index contributed by atoms with van der Waals surface area (Å²) < 4.78 is 5.09. The molecule has 0 radical (unpaired) electrons. The molecule has 0 aliphatic carbocycles. The van der Waals surface area contributed by atoms with Crippen LogP contribution in [0.4, 0.5) is 5.69 Å². The third-order valence-corrected chi connectivity index (χ3v) is 4.81. The minimum Gasteiger partial charge on any atom is -0.454 e. The molecule has 5 nitrogen and oxygen atoms in total. The maximum absolute atomic E-state index is 12.3. The van der Waals surface area contributed by atoms with Gasteiger partial charge in [-0.05, 0) is 49.4 Å². The van der Waals surface area contributed by atoms with Gasteiger partial charge in [-0.1, -0.05) is 53.0 Å². The standard InChI is InChI=1S/C23H17Cl2NO4/c1-14-2-4-15(5-3-14)21(27)13-30-23(29)16-6-9-18(10-7-16)26-22(28)19-11-8-17(24)12-20(19)25/h2-12H,13H2,1H3,(H,26,28). The first-order valence-electron chi connectivity index (χ1n) is 8.97. The Morgan fingerprint density at radius 3 is 2.13 bits per heavy atom. The van der Waals surface area contributed by atoms with Gasteiger partial charge in [-0.25, -0.2) is 4.79 Å². The van der Waals surface area contributed by atoms with Gasteiger partial charge < -0.3 is 10.1 Å². The molecule has 0 heterocycles. The lowest BCUT2D eigenvalue weighted by atomic mass is 10.1. The summed E-state index contributed by atoms with van der Waals surface area (Å²) in [6.45, 7) is 1.57. The van der Waals surface area contributed by atoms with E-state index in [-0.39, 0.29) is 28.5 Å². The summed E-state index contributed by atoms with van der Waals surface area (Å²) in [5.41, 5.74) is 2.52. The maximum atomic E-state index is 12.3. The minimum absolute atomic E-state index is 0.235. The fraction of sp³-hybridized carbons (Fsp3) is 0.0870. The van der Waals surface area contributed by atoms with E-state index in [4.69, 9.17) is 27.9 Å². The Hall–Kier alpha value is -3.15. The quantitative estimate of drug-likeness (QED) is 0.399. The number of ether oxygens (including phenoxy) is 1. The van der Waals surface area contributed by atoms with E-state index in [0.29, 0.717) is 16.3 Å². The highest BCUT2D eigenvalue weighted by atomic mass is 35.5. The Labute approximate surface area is 183 Å². The van der Waals surface area contributed by atoms with Crippen molar-refractivity contribution in [1.29, 1.82) is 0 Å². The van der Waals surface area contributed by atoms with E-state index in [0.717, 1.165) is 5.56 Å². The van der Waals surface area contributed by atoms with Crippen molar-refractivity contribution in [3.8, 4) is 0 Å². The number of benzene rings is 3. The van der Waals surface area contributed by atoms with Crippen LogP contribution >= 0.6 is 23.2 Å². The number of anilines is 1. The Morgan fingerprint density at radius 2 is 1.50 bits per heavy atom. The summed E-state index contributed by atoms with van der Waals surface area (Å²) in [7, 11) is 0. The molecule has 30 heavy (non-hydrogen) atoms. The van der Waals surface area contributed by atoms with Gasteiger partial charge in [0.15, 0.2) is 12.4 Å². The smallest absolute Gasteiger partial charge is 0.338 e. The largest absolute Gasteiger partial charge is 0.454 e. The van der Waals surface area contributed by atoms with Crippen molar-refractivity contribution in [3.63, 3.8) is 0 Å². The van der Waals surface area contributed by atoms with Gasteiger partial charge >= 0.3 is 5.97 Å². The summed E-state index contributed by atoms with van der Waals surface area (Å²) >= 11 is 11.9. The molecule has 0 aliphatic rings. The van der Waals surface area contributed by atoms with Crippen LogP contribution in [0.3, 0.4) is 0 Å². The number of hydrogen-bond acceptors (Lipinski definition) is 4. The van der Waals surface area contributed by atoms with Gasteiger partial charge in [0, 0.05) is 16.3 Å². The molecule has 0 fully saturated rings. The van der Waals surface area contributed by atoms with Gasteiger partial charge in [-0.2, -0.15) is 0 Å². The Morgan fingerprint density at radius 1 is 0.867 bits per heavy atom. The molecule has 0 saturated carbocycles. The zero-order valence-corrected chi connectivity index (χ0v) is 17.5. The highest BCUT2D eigenvalue weighted by Crippen LogP contribution is 2.22. The number of nitrogens with one attached hydrogen (secondary N) is 1. The predicted octanol–water partition coefficient (Wildman–Crippen LogP) is 5.59. The van der Waals surface area contributed by atoms with Crippen molar-refractivity contribution in [2.24, 2.45) is 0 Å². The zero-order valence-electron chi connectivity index (χ0n) is 15.9. The van der Waals surface area contributed by atoms with E-state index < -0.39 is 11.9 Å². The number of ketones is 1. The number of rotatable bonds is 6. The van der Waals surface area contributed by atoms with Crippen molar-refractivity contribution in [2.75, 3.05) is 11.9 Å². The summed E-state index contributed by atoms with van der Waals surface area (Å²) in [5.74, 6) is -1.32. The molecule has 1 N–H and O–H groups in total. The molecule has 3 rings (SSSR count). The number of aryl methyl sites for hydroxylation is 1. The van der Waals surface area contributed by atoms with Gasteiger partial charge in [-0.3, -0.25) is 9.59 Å². The third kappa shape index (κ3) is 5.47. The molecule has 3 aromatic rings. The molecule has 0 unspecified atom stereocenters. The van der Waals surface area contributed by atoms with E-state index in [9.17, 15) is 14.4 Å². The highest BCUT2D eigenvalue weighted by Gasteiger charge is 2.14. The summed E-state index contributed by atoms with van der Waals surface area (Å²) in [6, 6.07) is 17.7. The van der Waals surface area contributed by atoms with Crippen LogP contribution in [0.5, 0.6) is 0 Å².